The predicted octanol–water partition coefficient (Wildman–Crippen LogP) is 0.0372. The van der Waals surface area contributed by atoms with Crippen LogP contribution in [0.5, 0.6) is 0 Å². The number of nitrogens with zero attached hydrogens (tertiary/aromatic N) is 2. The van der Waals surface area contributed by atoms with Crippen molar-refractivity contribution in [1.29, 1.82) is 0 Å². The number of hydrogen-bond donors (Lipinski definition) is 2. The van der Waals surface area contributed by atoms with Gasteiger partial charge in [0.1, 0.15) is 5.54 Å². The second-order valence-corrected chi connectivity index (χ2v) is 8.17. The number of carbonyl (C=O) groups excluding carboxylic acids is 2. The summed E-state index contributed by atoms with van der Waals surface area (Å²) in [7, 11) is -2.08. The first-order valence-corrected chi connectivity index (χ1v) is 9.12. The Kier molecular flexibility index (Phi) is 4.33. The number of piperidine rings is 1. The first-order valence-electron chi connectivity index (χ1n) is 7.72. The SMILES string of the molecule is CN(Cc1ccccc1)S(=O)(=O)N1CCC2(CC1)NC(=O)NC2=O. The van der Waals surface area contributed by atoms with Crippen LogP contribution in [0.4, 0.5) is 4.79 Å². The monoisotopic (exact) mass is 352 g/mol. The first-order chi connectivity index (χ1) is 11.3. The van der Waals surface area contributed by atoms with Crippen molar-refractivity contribution in [2.75, 3.05) is 20.1 Å². The fourth-order valence-electron chi connectivity index (χ4n) is 3.10. The molecule has 2 aliphatic rings. The Morgan fingerprint density at radius 3 is 2.33 bits per heavy atom. The maximum absolute atomic E-state index is 12.7. The zero-order valence-electron chi connectivity index (χ0n) is 13.4. The summed E-state index contributed by atoms with van der Waals surface area (Å²) in [5.74, 6) is -0.373. The highest BCUT2D eigenvalue weighted by Gasteiger charge is 2.49. The van der Waals surface area contributed by atoms with E-state index in [1.54, 1.807) is 0 Å². The molecule has 2 heterocycles. The van der Waals surface area contributed by atoms with E-state index in [-0.39, 0.29) is 38.4 Å². The standard InChI is InChI=1S/C15H20N4O4S/c1-18(11-12-5-3-2-4-6-12)24(22,23)19-9-7-15(8-10-19)13(20)16-14(21)17-15/h2-6H,7-11H2,1H3,(H2,16,17,20,21). The first kappa shape index (κ1) is 16.9. The molecule has 1 spiro atoms. The third-order valence-electron chi connectivity index (χ3n) is 4.56. The Bertz CT molecular complexity index is 742. The molecule has 0 aromatic heterocycles. The minimum atomic E-state index is -3.62. The lowest BCUT2D eigenvalue weighted by molar-refractivity contribution is -0.125. The zero-order valence-corrected chi connectivity index (χ0v) is 14.2. The van der Waals surface area contributed by atoms with Crippen LogP contribution >= 0.6 is 0 Å². The van der Waals surface area contributed by atoms with Gasteiger partial charge in [-0.2, -0.15) is 17.0 Å². The van der Waals surface area contributed by atoms with Crippen LogP contribution in [-0.2, 0) is 21.5 Å². The van der Waals surface area contributed by atoms with Crippen molar-refractivity contribution in [2.45, 2.75) is 24.9 Å². The van der Waals surface area contributed by atoms with E-state index in [1.165, 1.54) is 15.7 Å². The van der Waals surface area contributed by atoms with Crippen molar-refractivity contribution in [3.05, 3.63) is 35.9 Å². The van der Waals surface area contributed by atoms with Gasteiger partial charge in [-0.15, -0.1) is 0 Å². The molecule has 2 fully saturated rings. The summed E-state index contributed by atoms with van der Waals surface area (Å²) >= 11 is 0. The minimum Gasteiger partial charge on any atom is -0.323 e. The van der Waals surface area contributed by atoms with E-state index < -0.39 is 21.8 Å². The molecule has 3 amide bonds. The van der Waals surface area contributed by atoms with Crippen molar-refractivity contribution in [3.8, 4) is 0 Å². The van der Waals surface area contributed by atoms with E-state index in [0.29, 0.717) is 0 Å². The average Bonchev–Trinajstić information content (AvgIpc) is 2.82. The topological polar surface area (TPSA) is 98.8 Å². The maximum Gasteiger partial charge on any atom is 0.322 e. The zero-order chi connectivity index (χ0) is 17.4. The van der Waals surface area contributed by atoms with E-state index in [9.17, 15) is 18.0 Å². The van der Waals surface area contributed by atoms with Gasteiger partial charge in [0.05, 0.1) is 0 Å². The summed E-state index contributed by atoms with van der Waals surface area (Å²) < 4.78 is 28.1. The van der Waals surface area contributed by atoms with Crippen LogP contribution in [0.15, 0.2) is 30.3 Å². The lowest BCUT2D eigenvalue weighted by Crippen LogP contribution is -2.57. The molecule has 2 saturated heterocycles. The smallest absolute Gasteiger partial charge is 0.322 e. The summed E-state index contributed by atoms with van der Waals surface area (Å²) in [6.07, 6.45) is 0.534. The van der Waals surface area contributed by atoms with Crippen LogP contribution in [0.2, 0.25) is 0 Å². The molecule has 0 saturated carbocycles. The normalized spacial score (nSPS) is 21.1. The quantitative estimate of drug-likeness (QED) is 0.747. The molecule has 0 radical (unpaired) electrons. The molecule has 130 valence electrons. The van der Waals surface area contributed by atoms with Gasteiger partial charge in [-0.3, -0.25) is 10.1 Å². The molecule has 1 aromatic rings. The lowest BCUT2D eigenvalue weighted by Gasteiger charge is -2.37. The fraction of sp³-hybridized carbons (Fsp3) is 0.467. The summed E-state index contributed by atoms with van der Waals surface area (Å²) in [6.45, 7) is 0.659. The highest BCUT2D eigenvalue weighted by atomic mass is 32.2. The average molecular weight is 352 g/mol. The van der Waals surface area contributed by atoms with Crippen LogP contribution < -0.4 is 10.6 Å². The molecule has 3 rings (SSSR count). The van der Waals surface area contributed by atoms with Gasteiger partial charge in [-0.1, -0.05) is 30.3 Å². The molecule has 24 heavy (non-hydrogen) atoms. The molecular weight excluding hydrogens is 332 g/mol. The highest BCUT2D eigenvalue weighted by Crippen LogP contribution is 2.27. The van der Waals surface area contributed by atoms with Crippen LogP contribution in [0, 0.1) is 0 Å². The van der Waals surface area contributed by atoms with Crippen LogP contribution in [0.3, 0.4) is 0 Å². The highest BCUT2D eigenvalue weighted by molar-refractivity contribution is 7.86. The summed E-state index contributed by atoms with van der Waals surface area (Å²) in [5, 5.41) is 4.84. The van der Waals surface area contributed by atoms with Gasteiger partial charge in [0.25, 0.3) is 16.1 Å². The number of urea groups is 1. The van der Waals surface area contributed by atoms with Gasteiger partial charge in [0, 0.05) is 26.7 Å². The third-order valence-corrected chi connectivity index (χ3v) is 6.49. The number of rotatable bonds is 4. The van der Waals surface area contributed by atoms with Gasteiger partial charge in [0.15, 0.2) is 0 Å². The molecule has 0 bridgehead atoms. The number of imide groups is 1. The van der Waals surface area contributed by atoms with E-state index in [4.69, 9.17) is 0 Å². The van der Waals surface area contributed by atoms with Gasteiger partial charge in [-0.25, -0.2) is 4.79 Å². The molecule has 1 aromatic carbocycles. The largest absolute Gasteiger partial charge is 0.323 e. The second-order valence-electron chi connectivity index (χ2n) is 6.14. The van der Waals surface area contributed by atoms with E-state index in [2.05, 4.69) is 10.6 Å². The molecule has 9 heteroatoms. The van der Waals surface area contributed by atoms with Crippen molar-refractivity contribution in [2.24, 2.45) is 0 Å². The van der Waals surface area contributed by atoms with Crippen LogP contribution in [-0.4, -0.2) is 54.6 Å². The summed E-state index contributed by atoms with van der Waals surface area (Å²) in [4.78, 5) is 23.3. The van der Waals surface area contributed by atoms with Crippen molar-refractivity contribution in [1.82, 2.24) is 19.2 Å². The summed E-state index contributed by atoms with van der Waals surface area (Å²) in [6, 6.07) is 8.83. The van der Waals surface area contributed by atoms with E-state index >= 15 is 0 Å². The second kappa shape index (κ2) is 6.15. The predicted molar refractivity (Wildman–Crippen MR) is 87.0 cm³/mol. The molecule has 2 aliphatic heterocycles. The lowest BCUT2D eigenvalue weighted by atomic mass is 9.89. The number of carbonyl (C=O) groups is 2. The minimum absolute atomic E-state index is 0.190. The van der Waals surface area contributed by atoms with Gasteiger partial charge in [0.2, 0.25) is 0 Å². The molecular formula is C15H20N4O4S. The number of hydrogen-bond acceptors (Lipinski definition) is 4. The Hall–Kier alpha value is -1.97. The third kappa shape index (κ3) is 3.02. The van der Waals surface area contributed by atoms with Crippen molar-refractivity contribution < 1.29 is 18.0 Å². The molecule has 0 aliphatic carbocycles. The Labute approximate surface area is 141 Å². The fourth-order valence-corrected chi connectivity index (χ4v) is 4.45. The molecule has 2 N–H and O–H groups in total. The molecule has 8 nitrogen and oxygen atoms in total. The van der Waals surface area contributed by atoms with Crippen LogP contribution in [0.1, 0.15) is 18.4 Å². The van der Waals surface area contributed by atoms with Crippen molar-refractivity contribution in [3.63, 3.8) is 0 Å². The van der Waals surface area contributed by atoms with Gasteiger partial charge >= 0.3 is 6.03 Å². The Morgan fingerprint density at radius 1 is 1.17 bits per heavy atom. The molecule has 0 atom stereocenters. The van der Waals surface area contributed by atoms with E-state index in [0.717, 1.165) is 5.56 Å². The summed E-state index contributed by atoms with van der Waals surface area (Å²) in [5.41, 5.74) is -0.0688. The van der Waals surface area contributed by atoms with E-state index in [1.807, 2.05) is 30.3 Å². The Morgan fingerprint density at radius 2 is 1.79 bits per heavy atom. The Balaban J connectivity index is 1.66. The van der Waals surface area contributed by atoms with Gasteiger partial charge in [-0.05, 0) is 18.4 Å². The molecule has 0 unspecified atom stereocenters. The van der Waals surface area contributed by atoms with Gasteiger partial charge < -0.3 is 5.32 Å². The number of benzene rings is 1. The van der Waals surface area contributed by atoms with Crippen molar-refractivity contribution >= 4 is 22.1 Å². The maximum atomic E-state index is 12.7. The number of amides is 3. The number of nitrogens with one attached hydrogen (secondary N) is 2. The van der Waals surface area contributed by atoms with Crippen LogP contribution in [0.25, 0.3) is 0 Å².